The Morgan fingerprint density at radius 1 is 1.00 bits per heavy atom. The van der Waals surface area contributed by atoms with Crippen LogP contribution in [0.3, 0.4) is 0 Å². The van der Waals surface area contributed by atoms with E-state index in [1.807, 2.05) is 69.3 Å². The van der Waals surface area contributed by atoms with Gasteiger partial charge in [-0.25, -0.2) is 0 Å². The van der Waals surface area contributed by atoms with Crippen LogP contribution in [0.15, 0.2) is 48.5 Å². The van der Waals surface area contributed by atoms with Gasteiger partial charge in [-0.15, -0.1) is 0 Å². The van der Waals surface area contributed by atoms with E-state index in [9.17, 15) is 9.59 Å². The Hall–Kier alpha value is -2.42. The summed E-state index contributed by atoms with van der Waals surface area (Å²) in [6.07, 6.45) is 1.88. The minimum absolute atomic E-state index is 0.218. The highest BCUT2D eigenvalue weighted by atomic mass is 16.6. The van der Waals surface area contributed by atoms with Gasteiger partial charge in [0.2, 0.25) is 0 Å². The van der Waals surface area contributed by atoms with Crippen LogP contribution in [0.5, 0.6) is 0 Å². The molecular weight excluding hydrogens is 288 g/mol. The Morgan fingerprint density at radius 3 is 2.26 bits per heavy atom. The molecule has 0 radical (unpaired) electrons. The van der Waals surface area contributed by atoms with Crippen LogP contribution in [0.1, 0.15) is 47.8 Å². The third-order valence-electron chi connectivity index (χ3n) is 3.28. The Balaban J connectivity index is 2.04. The summed E-state index contributed by atoms with van der Waals surface area (Å²) in [6.45, 7) is 5.60. The summed E-state index contributed by atoms with van der Waals surface area (Å²) in [5.41, 5.74) is 3.42. The summed E-state index contributed by atoms with van der Waals surface area (Å²) in [7, 11) is 0. The van der Waals surface area contributed by atoms with Crippen molar-refractivity contribution >= 4 is 12.3 Å². The molecule has 0 amide bonds. The first-order valence-corrected chi connectivity index (χ1v) is 7.69. The molecule has 3 heteroatoms. The van der Waals surface area contributed by atoms with Gasteiger partial charge in [-0.3, -0.25) is 9.59 Å². The van der Waals surface area contributed by atoms with Crippen molar-refractivity contribution in [3.8, 4) is 0 Å². The minimum Gasteiger partial charge on any atom is -0.460 e. The number of hydrogen-bond donors (Lipinski definition) is 0. The third-order valence-corrected chi connectivity index (χ3v) is 3.28. The third kappa shape index (κ3) is 5.70. The van der Waals surface area contributed by atoms with Gasteiger partial charge in [-0.1, -0.05) is 48.5 Å². The van der Waals surface area contributed by atoms with Gasteiger partial charge in [0, 0.05) is 5.56 Å². The van der Waals surface area contributed by atoms with E-state index in [1.54, 1.807) is 0 Å². The minimum atomic E-state index is -0.463. The molecule has 0 N–H and O–H groups in total. The van der Waals surface area contributed by atoms with Gasteiger partial charge in [0.15, 0.2) is 0 Å². The predicted molar refractivity (Wildman–Crippen MR) is 90.6 cm³/mol. The summed E-state index contributed by atoms with van der Waals surface area (Å²) < 4.78 is 5.35. The normalized spacial score (nSPS) is 11.1. The fourth-order valence-electron chi connectivity index (χ4n) is 2.34. The first kappa shape index (κ1) is 16.9. The van der Waals surface area contributed by atoms with Crippen molar-refractivity contribution in [2.45, 2.75) is 39.2 Å². The second-order valence-corrected chi connectivity index (χ2v) is 6.62. The van der Waals surface area contributed by atoms with Crippen LogP contribution < -0.4 is 0 Å². The van der Waals surface area contributed by atoms with E-state index in [1.165, 1.54) is 0 Å². The van der Waals surface area contributed by atoms with Gasteiger partial charge >= 0.3 is 5.97 Å². The molecule has 0 saturated carbocycles. The summed E-state index contributed by atoms with van der Waals surface area (Å²) >= 11 is 0. The van der Waals surface area contributed by atoms with Crippen molar-refractivity contribution in [3.63, 3.8) is 0 Å². The molecule has 3 nitrogen and oxygen atoms in total. The van der Waals surface area contributed by atoms with Crippen LogP contribution in [0.4, 0.5) is 0 Å². The van der Waals surface area contributed by atoms with Crippen molar-refractivity contribution in [1.29, 1.82) is 0 Å². The summed E-state index contributed by atoms with van der Waals surface area (Å²) in [5.74, 6) is -0.218. The smallest absolute Gasteiger partial charge is 0.310 e. The van der Waals surface area contributed by atoms with Crippen molar-refractivity contribution < 1.29 is 14.3 Å². The van der Waals surface area contributed by atoms with E-state index in [0.29, 0.717) is 5.56 Å². The molecule has 0 aromatic heterocycles. The summed E-state index contributed by atoms with van der Waals surface area (Å²) in [5, 5.41) is 0. The molecule has 0 fully saturated rings. The van der Waals surface area contributed by atoms with Crippen LogP contribution in [0.2, 0.25) is 0 Å². The zero-order valence-corrected chi connectivity index (χ0v) is 13.8. The van der Waals surface area contributed by atoms with Crippen molar-refractivity contribution in [2.75, 3.05) is 0 Å². The van der Waals surface area contributed by atoms with Crippen LogP contribution in [0.25, 0.3) is 0 Å². The monoisotopic (exact) mass is 310 g/mol. The molecule has 0 aliphatic rings. The maximum absolute atomic E-state index is 11.9. The van der Waals surface area contributed by atoms with E-state index in [2.05, 4.69) is 0 Å². The number of hydrogen-bond acceptors (Lipinski definition) is 3. The van der Waals surface area contributed by atoms with Gasteiger partial charge in [0.05, 0.1) is 6.42 Å². The molecule has 0 aliphatic carbocycles. The number of aldehydes is 1. The molecule has 2 aromatic rings. The Bertz CT molecular complexity index is 679. The first-order chi connectivity index (χ1) is 10.9. The van der Waals surface area contributed by atoms with Gasteiger partial charge < -0.3 is 4.74 Å². The molecule has 0 unspecified atom stereocenters. The fraction of sp³-hybridized carbons (Fsp3) is 0.300. The summed E-state index contributed by atoms with van der Waals surface area (Å²) in [4.78, 5) is 22.6. The van der Waals surface area contributed by atoms with Crippen LogP contribution >= 0.6 is 0 Å². The highest BCUT2D eigenvalue weighted by Gasteiger charge is 2.16. The number of rotatable bonds is 5. The molecule has 0 spiro atoms. The van der Waals surface area contributed by atoms with Crippen LogP contribution in [0, 0.1) is 0 Å². The number of carbonyl (C=O) groups is 2. The highest BCUT2D eigenvalue weighted by Crippen LogP contribution is 2.14. The number of esters is 1. The lowest BCUT2D eigenvalue weighted by molar-refractivity contribution is -0.153. The maximum atomic E-state index is 11.9. The molecule has 0 heterocycles. The molecule has 0 bridgehead atoms. The van der Waals surface area contributed by atoms with Gasteiger partial charge in [-0.05, 0) is 43.9 Å². The Kier molecular flexibility index (Phi) is 5.32. The molecule has 23 heavy (non-hydrogen) atoms. The Labute approximate surface area is 137 Å². The molecule has 0 atom stereocenters. The van der Waals surface area contributed by atoms with E-state index < -0.39 is 5.60 Å². The number of carbonyl (C=O) groups excluding carboxylic acids is 2. The predicted octanol–water partition coefficient (Wildman–Crippen LogP) is 3.97. The van der Waals surface area contributed by atoms with Crippen molar-refractivity contribution in [1.82, 2.24) is 0 Å². The van der Waals surface area contributed by atoms with Crippen molar-refractivity contribution in [3.05, 3.63) is 70.8 Å². The first-order valence-electron chi connectivity index (χ1n) is 7.69. The largest absolute Gasteiger partial charge is 0.460 e. The molecule has 2 aromatic carbocycles. The molecule has 120 valence electrons. The standard InChI is InChI=1S/C20H22O3/c1-20(2,3)23-19(22)13-18-6-4-5-17(12-18)11-15-7-9-16(14-21)10-8-15/h4-10,12,14H,11,13H2,1-3H3. The number of benzene rings is 2. The second kappa shape index (κ2) is 7.23. The lowest BCUT2D eigenvalue weighted by Gasteiger charge is -2.19. The molecule has 2 rings (SSSR count). The molecular formula is C20H22O3. The lowest BCUT2D eigenvalue weighted by Crippen LogP contribution is -2.24. The van der Waals surface area contributed by atoms with Gasteiger partial charge in [0.25, 0.3) is 0 Å². The summed E-state index contributed by atoms with van der Waals surface area (Å²) in [6, 6.07) is 15.5. The van der Waals surface area contributed by atoms with E-state index in [4.69, 9.17) is 4.74 Å². The molecule has 0 saturated heterocycles. The zero-order valence-electron chi connectivity index (χ0n) is 13.8. The average molecular weight is 310 g/mol. The zero-order chi connectivity index (χ0) is 16.9. The lowest BCUT2D eigenvalue weighted by atomic mass is 10.0. The number of ether oxygens (including phenoxy) is 1. The highest BCUT2D eigenvalue weighted by molar-refractivity contribution is 5.74. The second-order valence-electron chi connectivity index (χ2n) is 6.62. The topological polar surface area (TPSA) is 43.4 Å². The SMILES string of the molecule is CC(C)(C)OC(=O)Cc1cccc(Cc2ccc(C=O)cc2)c1. The van der Waals surface area contributed by atoms with E-state index in [-0.39, 0.29) is 12.4 Å². The van der Waals surface area contributed by atoms with Crippen LogP contribution in [-0.4, -0.2) is 17.9 Å². The Morgan fingerprint density at radius 2 is 1.65 bits per heavy atom. The average Bonchev–Trinajstić information content (AvgIpc) is 2.46. The maximum Gasteiger partial charge on any atom is 0.310 e. The van der Waals surface area contributed by atoms with Crippen LogP contribution in [-0.2, 0) is 22.4 Å². The van der Waals surface area contributed by atoms with E-state index >= 15 is 0 Å². The van der Waals surface area contributed by atoms with Gasteiger partial charge in [-0.2, -0.15) is 0 Å². The molecule has 0 aliphatic heterocycles. The quantitative estimate of drug-likeness (QED) is 0.620. The van der Waals surface area contributed by atoms with Crippen molar-refractivity contribution in [2.24, 2.45) is 0 Å². The van der Waals surface area contributed by atoms with E-state index in [0.717, 1.165) is 29.4 Å². The fourth-order valence-corrected chi connectivity index (χ4v) is 2.34. The van der Waals surface area contributed by atoms with Gasteiger partial charge in [0.1, 0.15) is 11.9 Å².